The number of hydrogen-bond donors (Lipinski definition) is 3. The standard InChI is InChI=1S/C34H38N4O4/c1-25(10-7-8-21-39)34(42)29-15-5-6-16-30(29)36(32(34)41)23-26-11-9-14-28(22-26)37-24-38(27-12-3-2-4-13-27)33(31(37)40)17-19-35-20-18-33/h2-7,9-16,22,25,35,39,42H,8,17-21,23-24H2,1H3/b10-7+/t25-,34+/m1/s1. The van der Waals surface area contributed by atoms with Gasteiger partial charge in [0, 0.05) is 29.5 Å². The molecule has 6 rings (SSSR count). The van der Waals surface area contributed by atoms with Gasteiger partial charge >= 0.3 is 0 Å². The molecule has 0 unspecified atom stereocenters. The van der Waals surface area contributed by atoms with Crippen LogP contribution in [-0.4, -0.2) is 53.9 Å². The van der Waals surface area contributed by atoms with Gasteiger partial charge in [0.15, 0.2) is 5.60 Å². The van der Waals surface area contributed by atoms with Crippen LogP contribution in [-0.2, 0) is 21.7 Å². The number of piperidine rings is 1. The van der Waals surface area contributed by atoms with Gasteiger partial charge in [-0.25, -0.2) is 0 Å². The average molecular weight is 567 g/mol. The number of anilines is 3. The number of aliphatic hydroxyl groups is 2. The molecule has 2 atom stereocenters. The first-order chi connectivity index (χ1) is 20.4. The summed E-state index contributed by atoms with van der Waals surface area (Å²) in [4.78, 5) is 33.8. The lowest BCUT2D eigenvalue weighted by Gasteiger charge is -2.39. The van der Waals surface area contributed by atoms with Crippen LogP contribution in [0.3, 0.4) is 0 Å². The molecule has 2 fully saturated rings. The highest BCUT2D eigenvalue weighted by Gasteiger charge is 2.54. The molecule has 3 N–H and O–H groups in total. The molecule has 3 aromatic carbocycles. The van der Waals surface area contributed by atoms with Crippen LogP contribution >= 0.6 is 0 Å². The predicted octanol–water partition coefficient (Wildman–Crippen LogP) is 3.93. The summed E-state index contributed by atoms with van der Waals surface area (Å²) >= 11 is 0. The first kappa shape index (κ1) is 28.2. The number of para-hydroxylation sites is 2. The van der Waals surface area contributed by atoms with E-state index in [1.165, 1.54) is 0 Å². The van der Waals surface area contributed by atoms with Gasteiger partial charge in [-0.2, -0.15) is 0 Å². The molecule has 2 saturated heterocycles. The lowest BCUT2D eigenvalue weighted by molar-refractivity contribution is -0.139. The Kier molecular flexibility index (Phi) is 7.62. The van der Waals surface area contributed by atoms with E-state index in [1.54, 1.807) is 23.1 Å². The zero-order valence-corrected chi connectivity index (χ0v) is 23.9. The molecule has 0 radical (unpaired) electrons. The second-order valence-electron chi connectivity index (χ2n) is 11.5. The highest BCUT2D eigenvalue weighted by molar-refractivity contribution is 6.08. The van der Waals surface area contributed by atoms with Crippen molar-refractivity contribution >= 4 is 28.9 Å². The molecule has 8 nitrogen and oxygen atoms in total. The molecule has 0 aromatic heterocycles. The summed E-state index contributed by atoms with van der Waals surface area (Å²) in [6.45, 7) is 4.12. The summed E-state index contributed by atoms with van der Waals surface area (Å²) in [5.74, 6) is -0.761. The van der Waals surface area contributed by atoms with Gasteiger partial charge in [-0.3, -0.25) is 14.5 Å². The van der Waals surface area contributed by atoms with Crippen LogP contribution in [0.1, 0.15) is 37.3 Å². The van der Waals surface area contributed by atoms with Gasteiger partial charge in [0.1, 0.15) is 5.54 Å². The van der Waals surface area contributed by atoms with Crippen molar-refractivity contribution in [2.75, 3.05) is 41.1 Å². The fourth-order valence-electron chi connectivity index (χ4n) is 6.75. The van der Waals surface area contributed by atoms with Crippen molar-refractivity contribution in [3.05, 3.63) is 102 Å². The predicted molar refractivity (Wildman–Crippen MR) is 164 cm³/mol. The number of hydrogen-bond acceptors (Lipinski definition) is 6. The van der Waals surface area contributed by atoms with Crippen molar-refractivity contribution in [3.63, 3.8) is 0 Å². The summed E-state index contributed by atoms with van der Waals surface area (Å²) in [7, 11) is 0. The average Bonchev–Trinajstić information content (AvgIpc) is 3.42. The normalized spacial score (nSPS) is 22.4. The highest BCUT2D eigenvalue weighted by Crippen LogP contribution is 2.46. The topological polar surface area (TPSA) is 96.3 Å². The van der Waals surface area contributed by atoms with Crippen molar-refractivity contribution in [3.8, 4) is 0 Å². The molecular formula is C34H38N4O4. The monoisotopic (exact) mass is 566 g/mol. The number of nitrogens with one attached hydrogen (secondary N) is 1. The molecule has 42 heavy (non-hydrogen) atoms. The van der Waals surface area contributed by atoms with Crippen molar-refractivity contribution in [1.82, 2.24) is 5.32 Å². The minimum absolute atomic E-state index is 0.00921. The summed E-state index contributed by atoms with van der Waals surface area (Å²) in [6.07, 6.45) is 5.52. The Morgan fingerprint density at radius 3 is 2.40 bits per heavy atom. The molecule has 2 amide bonds. The van der Waals surface area contributed by atoms with Crippen molar-refractivity contribution < 1.29 is 19.8 Å². The largest absolute Gasteiger partial charge is 0.396 e. The van der Waals surface area contributed by atoms with E-state index in [0.717, 1.165) is 42.9 Å². The molecule has 3 aliphatic heterocycles. The summed E-state index contributed by atoms with van der Waals surface area (Å²) in [5.41, 5.74) is 1.66. The Hall–Kier alpha value is -3.98. The van der Waals surface area contributed by atoms with E-state index in [-0.39, 0.29) is 25.0 Å². The number of aliphatic hydroxyl groups excluding tert-OH is 1. The van der Waals surface area contributed by atoms with E-state index in [2.05, 4.69) is 22.3 Å². The third kappa shape index (κ3) is 4.60. The lowest BCUT2D eigenvalue weighted by atomic mass is 9.83. The van der Waals surface area contributed by atoms with Crippen molar-refractivity contribution in [2.24, 2.45) is 5.92 Å². The van der Waals surface area contributed by atoms with Crippen LogP contribution in [0.25, 0.3) is 0 Å². The van der Waals surface area contributed by atoms with Gasteiger partial charge < -0.3 is 25.3 Å². The van der Waals surface area contributed by atoms with E-state index in [9.17, 15) is 14.7 Å². The molecule has 3 heterocycles. The molecule has 3 aromatic rings. The minimum Gasteiger partial charge on any atom is -0.396 e. The summed E-state index contributed by atoms with van der Waals surface area (Å²) in [6, 6.07) is 25.3. The van der Waals surface area contributed by atoms with Crippen LogP contribution in [0.15, 0.2) is 91.0 Å². The molecule has 0 aliphatic carbocycles. The van der Waals surface area contributed by atoms with Gasteiger partial charge in [0.25, 0.3) is 11.8 Å². The first-order valence-electron chi connectivity index (χ1n) is 14.8. The maximum absolute atomic E-state index is 14.1. The number of nitrogens with zero attached hydrogens (tertiary/aromatic N) is 3. The number of carbonyl (C=O) groups excluding carboxylic acids is 2. The van der Waals surface area contributed by atoms with Gasteiger partial charge in [-0.1, -0.05) is 67.6 Å². The van der Waals surface area contributed by atoms with Gasteiger partial charge in [0.05, 0.1) is 18.9 Å². The summed E-state index contributed by atoms with van der Waals surface area (Å²) in [5, 5.41) is 24.4. The number of rotatable bonds is 8. The van der Waals surface area contributed by atoms with Crippen molar-refractivity contribution in [2.45, 2.75) is 43.9 Å². The van der Waals surface area contributed by atoms with E-state index in [0.29, 0.717) is 24.3 Å². The minimum atomic E-state index is -1.71. The van der Waals surface area contributed by atoms with E-state index in [1.807, 2.05) is 72.5 Å². The second-order valence-corrected chi connectivity index (χ2v) is 11.5. The fourth-order valence-corrected chi connectivity index (χ4v) is 6.75. The van der Waals surface area contributed by atoms with Crippen molar-refractivity contribution in [1.29, 1.82) is 0 Å². The van der Waals surface area contributed by atoms with Gasteiger partial charge in [0.2, 0.25) is 0 Å². The van der Waals surface area contributed by atoms with E-state index in [4.69, 9.17) is 5.11 Å². The Morgan fingerprint density at radius 1 is 0.929 bits per heavy atom. The molecule has 3 aliphatic rings. The Labute approximate surface area is 246 Å². The highest BCUT2D eigenvalue weighted by atomic mass is 16.3. The number of fused-ring (bicyclic) bond motifs is 1. The van der Waals surface area contributed by atoms with Gasteiger partial charge in [-0.05, 0) is 68.2 Å². The summed E-state index contributed by atoms with van der Waals surface area (Å²) < 4.78 is 0. The fraction of sp³-hybridized carbons (Fsp3) is 0.353. The second kappa shape index (κ2) is 11.4. The Balaban J connectivity index is 1.30. The third-order valence-corrected chi connectivity index (χ3v) is 9.06. The number of amides is 2. The molecule has 218 valence electrons. The van der Waals surface area contributed by atoms with Crippen LogP contribution in [0.5, 0.6) is 0 Å². The SMILES string of the molecule is C[C@H](/C=C/CCO)[C@@]1(O)C(=O)N(Cc2cccc(N3CN(c4ccccc4)C4(CCNCC4)C3=O)c2)c2ccccc21. The van der Waals surface area contributed by atoms with Crippen LogP contribution in [0.2, 0.25) is 0 Å². The maximum Gasteiger partial charge on any atom is 0.264 e. The Bertz CT molecular complexity index is 1490. The molecule has 0 saturated carbocycles. The maximum atomic E-state index is 14.1. The number of benzene rings is 3. The van der Waals surface area contributed by atoms with E-state index >= 15 is 0 Å². The zero-order valence-electron chi connectivity index (χ0n) is 23.9. The zero-order chi connectivity index (χ0) is 29.3. The van der Waals surface area contributed by atoms with Gasteiger partial charge in [-0.15, -0.1) is 0 Å². The van der Waals surface area contributed by atoms with Crippen LogP contribution < -0.4 is 20.0 Å². The quantitative estimate of drug-likeness (QED) is 0.358. The molecular weight excluding hydrogens is 528 g/mol. The lowest BCUT2D eigenvalue weighted by Crippen LogP contribution is -2.55. The third-order valence-electron chi connectivity index (χ3n) is 9.06. The number of carbonyl (C=O) groups is 2. The Morgan fingerprint density at radius 2 is 1.64 bits per heavy atom. The molecule has 0 bridgehead atoms. The van der Waals surface area contributed by atoms with Crippen LogP contribution in [0.4, 0.5) is 17.1 Å². The van der Waals surface area contributed by atoms with Crippen LogP contribution in [0, 0.1) is 5.92 Å². The molecule has 1 spiro atoms. The molecule has 8 heteroatoms. The smallest absolute Gasteiger partial charge is 0.264 e. The first-order valence-corrected chi connectivity index (χ1v) is 14.8. The van der Waals surface area contributed by atoms with E-state index < -0.39 is 17.1 Å².